The van der Waals surface area contributed by atoms with Gasteiger partial charge in [0.15, 0.2) is 0 Å². The summed E-state index contributed by atoms with van der Waals surface area (Å²) in [5, 5.41) is 2.62. The van der Waals surface area contributed by atoms with Gasteiger partial charge in [-0.3, -0.25) is 0 Å². The molecule has 0 saturated heterocycles. The van der Waals surface area contributed by atoms with E-state index in [9.17, 15) is 0 Å². The topological polar surface area (TPSA) is 9.23 Å². The fraction of sp³-hybridized carbons (Fsp3) is 0.333. The maximum atomic E-state index is 4.78. The smallest absolute Gasteiger partial charge is 0.0462 e. The van der Waals surface area contributed by atoms with Gasteiger partial charge in [-0.15, -0.1) is 0 Å². The van der Waals surface area contributed by atoms with Crippen molar-refractivity contribution in [2.24, 2.45) is 0 Å². The van der Waals surface area contributed by atoms with Gasteiger partial charge in [0.25, 0.3) is 0 Å². The first kappa shape index (κ1) is 16.3. The van der Waals surface area contributed by atoms with Crippen LogP contribution in [0.15, 0.2) is 48.5 Å². The van der Waals surface area contributed by atoms with Crippen LogP contribution in [0.2, 0.25) is 0 Å². The predicted octanol–water partition coefficient (Wildman–Crippen LogP) is 3.89. The van der Waals surface area contributed by atoms with Gasteiger partial charge in [-0.25, -0.2) is 0 Å². The van der Waals surface area contributed by atoms with Crippen LogP contribution in [0.1, 0.15) is 19.8 Å². The van der Waals surface area contributed by atoms with Crippen molar-refractivity contribution in [3.05, 3.63) is 48.5 Å². The van der Waals surface area contributed by atoms with Crippen molar-refractivity contribution in [2.45, 2.75) is 19.8 Å². The van der Waals surface area contributed by atoms with Gasteiger partial charge in [-0.05, 0) is 17.2 Å². The molecule has 0 saturated carbocycles. The minimum atomic E-state index is 0. The molecule has 0 amide bonds. The molecule has 0 heterocycles. The van der Waals surface area contributed by atoms with Crippen molar-refractivity contribution < 1.29 is 4.74 Å². The van der Waals surface area contributed by atoms with Crippen LogP contribution in [0.3, 0.4) is 0 Å². The van der Waals surface area contributed by atoms with Crippen molar-refractivity contribution in [2.75, 3.05) is 13.7 Å². The van der Waals surface area contributed by atoms with Crippen molar-refractivity contribution in [3.63, 3.8) is 0 Å². The zero-order valence-electron chi connectivity index (χ0n) is 11.1. The normalized spacial score (nSPS) is 9.06. The number of ether oxygens (including phenoxy) is 1. The number of unbranched alkanes of at least 4 members (excludes halogenated alkanes) is 1. The summed E-state index contributed by atoms with van der Waals surface area (Å²) in [5.74, 6) is 0. The Labute approximate surface area is 116 Å². The molecule has 0 unspecified atom stereocenters. The number of hydrogen-bond acceptors (Lipinski definition) is 1. The second kappa shape index (κ2) is 10.4. The first-order chi connectivity index (χ1) is 7.88. The summed E-state index contributed by atoms with van der Waals surface area (Å²) in [6.07, 6.45) is 2.42. The molecule has 0 spiro atoms. The number of rotatable bonds is 3. The van der Waals surface area contributed by atoms with E-state index in [-0.39, 0.29) is 18.9 Å². The first-order valence-corrected chi connectivity index (χ1v) is 5.81. The second-order valence-electron chi connectivity index (χ2n) is 3.69. The van der Waals surface area contributed by atoms with Crippen LogP contribution < -0.4 is 0 Å². The molecule has 87 valence electrons. The third-order valence-corrected chi connectivity index (χ3v) is 2.36. The van der Waals surface area contributed by atoms with E-state index >= 15 is 0 Å². The molecule has 0 N–H and O–H groups in total. The van der Waals surface area contributed by atoms with Gasteiger partial charge in [0, 0.05) is 32.6 Å². The van der Waals surface area contributed by atoms with Crippen molar-refractivity contribution in [3.8, 4) is 0 Å². The largest absolute Gasteiger partial charge is 0.385 e. The summed E-state index contributed by atoms with van der Waals surface area (Å²) in [6.45, 7) is 3.07. The van der Waals surface area contributed by atoms with E-state index in [1.54, 1.807) is 7.11 Å². The van der Waals surface area contributed by atoms with E-state index in [0.29, 0.717) is 0 Å². The van der Waals surface area contributed by atoms with Crippen LogP contribution in [0.25, 0.3) is 10.8 Å². The molecule has 0 aliphatic carbocycles. The Morgan fingerprint density at radius 1 is 0.882 bits per heavy atom. The summed E-state index contributed by atoms with van der Waals surface area (Å²) in [4.78, 5) is 0. The van der Waals surface area contributed by atoms with Crippen LogP contribution in [0, 0.1) is 0 Å². The average molecular weight is 223 g/mol. The van der Waals surface area contributed by atoms with E-state index in [1.165, 1.54) is 23.6 Å². The molecule has 2 heteroatoms. The molecule has 0 atom stereocenters. The van der Waals surface area contributed by atoms with Crippen LogP contribution in [-0.2, 0) is 4.74 Å². The molecule has 0 aliphatic heterocycles. The monoisotopic (exact) mass is 223 g/mol. The van der Waals surface area contributed by atoms with Crippen LogP contribution in [0.4, 0.5) is 0 Å². The molecule has 17 heavy (non-hydrogen) atoms. The summed E-state index contributed by atoms with van der Waals surface area (Å²) >= 11 is 0. The molecule has 2 rings (SSSR count). The van der Waals surface area contributed by atoms with Crippen molar-refractivity contribution in [1.82, 2.24) is 0 Å². The first-order valence-electron chi connectivity index (χ1n) is 5.81. The number of methoxy groups -OCH3 is 1. The predicted molar refractivity (Wildman–Crippen MR) is 76.5 cm³/mol. The average Bonchev–Trinajstić information content (AvgIpc) is 2.37. The van der Waals surface area contributed by atoms with E-state index in [2.05, 4.69) is 55.5 Å². The molecule has 0 aliphatic rings. The summed E-state index contributed by atoms with van der Waals surface area (Å²) in [7, 11) is 1.73. The minimum Gasteiger partial charge on any atom is -0.385 e. The minimum absolute atomic E-state index is 0. The Balaban J connectivity index is 0.000000324. The van der Waals surface area contributed by atoms with E-state index in [0.717, 1.165) is 6.61 Å². The molecule has 0 aromatic heterocycles. The summed E-state index contributed by atoms with van der Waals surface area (Å²) in [6, 6.07) is 16.7. The quantitative estimate of drug-likeness (QED) is 0.566. The second-order valence-corrected chi connectivity index (χ2v) is 3.69. The molecular weight excluding hydrogens is 203 g/mol. The number of fused-ring (bicyclic) bond motifs is 1. The Kier molecular flexibility index (Phi) is 9.96. The van der Waals surface area contributed by atoms with Gasteiger partial charge in [-0.2, -0.15) is 0 Å². The molecule has 2 aromatic rings. The van der Waals surface area contributed by atoms with Crippen LogP contribution >= 0.6 is 0 Å². The van der Waals surface area contributed by atoms with Crippen LogP contribution in [0.5, 0.6) is 0 Å². The van der Waals surface area contributed by atoms with E-state index in [4.69, 9.17) is 4.74 Å². The third-order valence-electron chi connectivity index (χ3n) is 2.36. The van der Waals surface area contributed by atoms with Gasteiger partial charge in [0.2, 0.25) is 0 Å². The van der Waals surface area contributed by atoms with Gasteiger partial charge < -0.3 is 4.74 Å². The van der Waals surface area contributed by atoms with Gasteiger partial charge >= 0.3 is 0 Å². The van der Waals surface area contributed by atoms with Gasteiger partial charge in [0.1, 0.15) is 0 Å². The number of hydrogen-bond donors (Lipinski definition) is 0. The molecule has 0 fully saturated rings. The maximum Gasteiger partial charge on any atom is 0.0462 e. The van der Waals surface area contributed by atoms with Gasteiger partial charge in [-0.1, -0.05) is 61.9 Å². The van der Waals surface area contributed by atoms with Crippen molar-refractivity contribution >= 4 is 29.6 Å². The Bertz CT molecular complexity index is 331. The summed E-state index contributed by atoms with van der Waals surface area (Å²) < 4.78 is 4.78. The Hall–Kier alpha value is -0.743. The van der Waals surface area contributed by atoms with E-state index < -0.39 is 0 Å². The standard InChI is InChI=1S/C10H8.C5H12O.Li/c1-2-6-10-8-4-3-7-9(10)5-1;1-3-4-5-6-2;/h1-8H;3-5H2,1-2H3;. The van der Waals surface area contributed by atoms with Crippen LogP contribution in [-0.4, -0.2) is 32.6 Å². The van der Waals surface area contributed by atoms with Gasteiger partial charge in [0.05, 0.1) is 0 Å². The fourth-order valence-electron chi connectivity index (χ4n) is 1.42. The zero-order valence-corrected chi connectivity index (χ0v) is 11.1. The Morgan fingerprint density at radius 2 is 1.29 bits per heavy atom. The molecular formula is C15H20LiO. The molecule has 1 nitrogen and oxygen atoms in total. The molecule has 1 radical (unpaired) electrons. The number of benzene rings is 2. The fourth-order valence-corrected chi connectivity index (χ4v) is 1.42. The zero-order chi connectivity index (χ0) is 11.6. The molecule has 2 aromatic carbocycles. The SMILES string of the molecule is CCCCOC.[Li].c1ccc2ccccc2c1. The van der Waals surface area contributed by atoms with Crippen molar-refractivity contribution in [1.29, 1.82) is 0 Å². The third kappa shape index (κ3) is 6.53. The molecule has 0 bridgehead atoms. The summed E-state index contributed by atoms with van der Waals surface area (Å²) in [5.41, 5.74) is 0. The maximum absolute atomic E-state index is 4.78. The van der Waals surface area contributed by atoms with E-state index in [1.807, 2.05) is 0 Å². The Morgan fingerprint density at radius 3 is 1.53 bits per heavy atom.